The van der Waals surface area contributed by atoms with E-state index in [-0.39, 0.29) is 29.2 Å². The summed E-state index contributed by atoms with van der Waals surface area (Å²) < 4.78 is 22.8. The molecule has 2 heterocycles. The normalized spacial score (nSPS) is 17.6. The highest BCUT2D eigenvalue weighted by atomic mass is 32.2. The SMILES string of the molecule is CS(=O)(=O)Cc1ccc([C@H]2CCCN2C(=O)c2nccnc2N)cc1. The van der Waals surface area contributed by atoms with Crippen molar-refractivity contribution in [3.05, 3.63) is 53.5 Å². The Bertz CT molecular complexity index is 881. The predicted molar refractivity (Wildman–Crippen MR) is 94.4 cm³/mol. The Balaban J connectivity index is 1.82. The number of nitrogens with two attached hydrogens (primary N) is 1. The third-order valence-corrected chi connectivity index (χ3v) is 5.09. The zero-order valence-electron chi connectivity index (χ0n) is 13.9. The van der Waals surface area contributed by atoms with E-state index >= 15 is 0 Å². The number of carbonyl (C=O) groups excluding carboxylic acids is 1. The van der Waals surface area contributed by atoms with E-state index in [1.54, 1.807) is 17.0 Å². The van der Waals surface area contributed by atoms with Gasteiger partial charge < -0.3 is 10.6 Å². The van der Waals surface area contributed by atoms with Gasteiger partial charge in [-0.2, -0.15) is 0 Å². The fourth-order valence-corrected chi connectivity index (χ4v) is 3.94. The highest BCUT2D eigenvalue weighted by Crippen LogP contribution is 2.33. The number of anilines is 1. The molecule has 8 heteroatoms. The summed E-state index contributed by atoms with van der Waals surface area (Å²) in [7, 11) is -3.07. The summed E-state index contributed by atoms with van der Waals surface area (Å²) in [5.41, 5.74) is 7.66. The minimum atomic E-state index is -3.07. The van der Waals surface area contributed by atoms with Crippen LogP contribution in [0.3, 0.4) is 0 Å². The number of rotatable bonds is 4. The molecule has 1 saturated heterocycles. The zero-order valence-corrected chi connectivity index (χ0v) is 14.7. The molecule has 0 bridgehead atoms. The molecule has 1 aromatic heterocycles. The molecule has 2 N–H and O–H groups in total. The van der Waals surface area contributed by atoms with Gasteiger partial charge in [-0.15, -0.1) is 0 Å². The first-order chi connectivity index (χ1) is 11.8. The second-order valence-corrected chi connectivity index (χ2v) is 8.40. The van der Waals surface area contributed by atoms with Crippen LogP contribution in [-0.4, -0.2) is 42.0 Å². The van der Waals surface area contributed by atoms with Gasteiger partial charge in [0, 0.05) is 25.2 Å². The van der Waals surface area contributed by atoms with E-state index in [9.17, 15) is 13.2 Å². The molecule has 132 valence electrons. The Morgan fingerprint density at radius 2 is 1.92 bits per heavy atom. The van der Waals surface area contributed by atoms with Gasteiger partial charge in [0.15, 0.2) is 21.3 Å². The van der Waals surface area contributed by atoms with Gasteiger partial charge >= 0.3 is 0 Å². The average molecular weight is 360 g/mol. The Hall–Kier alpha value is -2.48. The summed E-state index contributed by atoms with van der Waals surface area (Å²) in [6, 6.07) is 7.30. The molecule has 0 saturated carbocycles. The molecule has 0 aliphatic carbocycles. The molecular weight excluding hydrogens is 340 g/mol. The number of hydrogen-bond acceptors (Lipinski definition) is 6. The maximum Gasteiger partial charge on any atom is 0.276 e. The maximum absolute atomic E-state index is 12.8. The molecule has 1 amide bonds. The van der Waals surface area contributed by atoms with Gasteiger partial charge in [0.05, 0.1) is 11.8 Å². The van der Waals surface area contributed by atoms with Gasteiger partial charge in [0.25, 0.3) is 5.91 Å². The van der Waals surface area contributed by atoms with E-state index in [4.69, 9.17) is 5.73 Å². The molecule has 1 aromatic carbocycles. The van der Waals surface area contributed by atoms with Crippen molar-refractivity contribution in [3.63, 3.8) is 0 Å². The number of aromatic nitrogens is 2. The molecule has 1 atom stereocenters. The van der Waals surface area contributed by atoms with Crippen molar-refractivity contribution >= 4 is 21.6 Å². The third-order valence-electron chi connectivity index (χ3n) is 4.24. The Morgan fingerprint density at radius 3 is 2.56 bits per heavy atom. The predicted octanol–water partition coefficient (Wildman–Crippen LogP) is 1.58. The fourth-order valence-electron chi connectivity index (χ4n) is 3.14. The van der Waals surface area contributed by atoms with Crippen molar-refractivity contribution in [3.8, 4) is 0 Å². The second-order valence-electron chi connectivity index (χ2n) is 6.26. The van der Waals surface area contributed by atoms with Crippen LogP contribution < -0.4 is 5.73 Å². The average Bonchev–Trinajstić information content (AvgIpc) is 3.03. The lowest BCUT2D eigenvalue weighted by molar-refractivity contribution is 0.0730. The molecule has 1 fully saturated rings. The summed E-state index contributed by atoms with van der Waals surface area (Å²) in [6.45, 7) is 0.630. The Labute approximate surface area is 146 Å². The van der Waals surface area contributed by atoms with E-state index in [0.717, 1.165) is 24.0 Å². The standard InChI is InChI=1S/C17H20N4O3S/c1-25(23,24)11-12-4-6-13(7-5-12)14-3-2-10-21(14)17(22)15-16(18)20-9-8-19-15/h4-9,14H,2-3,10-11H2,1H3,(H2,18,20)/t14-/m1/s1. The number of nitrogen functional groups attached to an aromatic ring is 1. The number of benzene rings is 1. The van der Waals surface area contributed by atoms with E-state index < -0.39 is 9.84 Å². The van der Waals surface area contributed by atoms with Crippen LogP contribution >= 0.6 is 0 Å². The second kappa shape index (κ2) is 6.79. The molecule has 3 rings (SSSR count). The van der Waals surface area contributed by atoms with E-state index in [2.05, 4.69) is 9.97 Å². The first-order valence-electron chi connectivity index (χ1n) is 7.99. The number of sulfone groups is 1. The van der Waals surface area contributed by atoms with Crippen LogP contribution in [0.5, 0.6) is 0 Å². The van der Waals surface area contributed by atoms with Crippen molar-refractivity contribution in [2.24, 2.45) is 0 Å². The van der Waals surface area contributed by atoms with Crippen molar-refractivity contribution in [1.29, 1.82) is 0 Å². The van der Waals surface area contributed by atoms with Crippen LogP contribution in [0.1, 0.15) is 40.5 Å². The summed E-state index contributed by atoms with van der Waals surface area (Å²) >= 11 is 0. The number of nitrogens with zero attached hydrogens (tertiary/aromatic N) is 3. The van der Waals surface area contributed by atoms with Gasteiger partial charge in [0.1, 0.15) is 0 Å². The van der Waals surface area contributed by atoms with Crippen LogP contribution in [-0.2, 0) is 15.6 Å². The lowest BCUT2D eigenvalue weighted by Crippen LogP contribution is -2.32. The number of hydrogen-bond donors (Lipinski definition) is 1. The lowest BCUT2D eigenvalue weighted by atomic mass is 10.0. The molecule has 1 aliphatic rings. The fraction of sp³-hybridized carbons (Fsp3) is 0.353. The maximum atomic E-state index is 12.8. The number of amides is 1. The van der Waals surface area contributed by atoms with Gasteiger partial charge in [0.2, 0.25) is 0 Å². The first kappa shape index (κ1) is 17.3. The van der Waals surface area contributed by atoms with Gasteiger partial charge in [-0.1, -0.05) is 24.3 Å². The van der Waals surface area contributed by atoms with Crippen molar-refractivity contribution in [2.45, 2.75) is 24.6 Å². The van der Waals surface area contributed by atoms with Gasteiger partial charge in [-0.05, 0) is 24.0 Å². The van der Waals surface area contributed by atoms with Crippen molar-refractivity contribution < 1.29 is 13.2 Å². The molecule has 7 nitrogen and oxygen atoms in total. The first-order valence-corrected chi connectivity index (χ1v) is 10.1. The highest BCUT2D eigenvalue weighted by Gasteiger charge is 2.32. The minimum Gasteiger partial charge on any atom is -0.382 e. The van der Waals surface area contributed by atoms with Crippen molar-refractivity contribution in [2.75, 3.05) is 18.5 Å². The topological polar surface area (TPSA) is 106 Å². The quantitative estimate of drug-likeness (QED) is 0.887. The van der Waals surface area contributed by atoms with E-state index in [0.29, 0.717) is 6.54 Å². The van der Waals surface area contributed by atoms with Gasteiger partial charge in [-0.3, -0.25) is 4.79 Å². The molecule has 0 radical (unpaired) electrons. The molecule has 1 aliphatic heterocycles. The van der Waals surface area contributed by atoms with Crippen LogP contribution in [0.4, 0.5) is 5.82 Å². The summed E-state index contributed by atoms with van der Waals surface area (Å²) in [5.74, 6) is -0.0912. The summed E-state index contributed by atoms with van der Waals surface area (Å²) in [4.78, 5) is 22.5. The molecule has 2 aromatic rings. The highest BCUT2D eigenvalue weighted by molar-refractivity contribution is 7.89. The van der Waals surface area contributed by atoms with Gasteiger partial charge in [-0.25, -0.2) is 18.4 Å². The number of likely N-dealkylation sites (tertiary alicyclic amines) is 1. The molecule has 0 spiro atoms. The lowest BCUT2D eigenvalue weighted by Gasteiger charge is -2.25. The molecular formula is C17H20N4O3S. The largest absolute Gasteiger partial charge is 0.382 e. The molecule has 0 unspecified atom stereocenters. The summed E-state index contributed by atoms with van der Waals surface area (Å²) in [6.07, 6.45) is 5.85. The van der Waals surface area contributed by atoms with Crippen LogP contribution in [0.2, 0.25) is 0 Å². The van der Waals surface area contributed by atoms with Crippen LogP contribution in [0, 0.1) is 0 Å². The number of carbonyl (C=O) groups is 1. The third kappa shape index (κ3) is 3.96. The molecule has 25 heavy (non-hydrogen) atoms. The van der Waals surface area contributed by atoms with E-state index in [1.165, 1.54) is 18.6 Å². The Morgan fingerprint density at radius 1 is 1.24 bits per heavy atom. The van der Waals surface area contributed by atoms with Crippen LogP contribution in [0.25, 0.3) is 0 Å². The smallest absolute Gasteiger partial charge is 0.276 e. The van der Waals surface area contributed by atoms with Crippen LogP contribution in [0.15, 0.2) is 36.7 Å². The Kier molecular flexibility index (Phi) is 4.71. The van der Waals surface area contributed by atoms with Crippen molar-refractivity contribution in [1.82, 2.24) is 14.9 Å². The monoisotopic (exact) mass is 360 g/mol. The minimum absolute atomic E-state index is 0.0106. The van der Waals surface area contributed by atoms with E-state index in [1.807, 2.05) is 12.1 Å². The summed E-state index contributed by atoms with van der Waals surface area (Å²) in [5, 5.41) is 0. The zero-order chi connectivity index (χ0) is 18.0.